The van der Waals surface area contributed by atoms with E-state index in [1.165, 1.54) is 12.3 Å². The van der Waals surface area contributed by atoms with E-state index in [0.717, 1.165) is 0 Å². The SMILES string of the molecule is O=[N+]([O-])c1cccc2c1C=N[N]2. The van der Waals surface area contributed by atoms with Crippen molar-refractivity contribution in [3.8, 4) is 0 Å². The van der Waals surface area contributed by atoms with E-state index in [0.29, 0.717) is 11.3 Å². The van der Waals surface area contributed by atoms with Crippen LogP contribution in [0.3, 0.4) is 0 Å². The van der Waals surface area contributed by atoms with Gasteiger partial charge in [0, 0.05) is 6.07 Å². The van der Waals surface area contributed by atoms with Crippen LogP contribution in [-0.2, 0) is 0 Å². The first-order chi connectivity index (χ1) is 5.79. The molecule has 1 radical (unpaired) electrons. The Kier molecular flexibility index (Phi) is 1.30. The molecule has 0 saturated carbocycles. The van der Waals surface area contributed by atoms with Crippen LogP contribution < -0.4 is 5.43 Å². The summed E-state index contributed by atoms with van der Waals surface area (Å²) in [4.78, 5) is 10.0. The summed E-state index contributed by atoms with van der Waals surface area (Å²) in [6.45, 7) is 0. The molecule has 0 unspecified atom stereocenters. The zero-order valence-corrected chi connectivity index (χ0v) is 5.97. The molecule has 0 spiro atoms. The van der Waals surface area contributed by atoms with Crippen LogP contribution in [0.5, 0.6) is 0 Å². The zero-order valence-electron chi connectivity index (χ0n) is 5.97. The smallest absolute Gasteiger partial charge is 0.258 e. The first-order valence-electron chi connectivity index (χ1n) is 3.30. The highest BCUT2D eigenvalue weighted by atomic mass is 16.6. The second kappa shape index (κ2) is 2.30. The quantitative estimate of drug-likeness (QED) is 0.459. The van der Waals surface area contributed by atoms with E-state index >= 15 is 0 Å². The highest BCUT2D eigenvalue weighted by molar-refractivity contribution is 5.94. The van der Waals surface area contributed by atoms with Crippen LogP contribution in [0.4, 0.5) is 11.4 Å². The van der Waals surface area contributed by atoms with Crippen molar-refractivity contribution in [2.75, 3.05) is 0 Å². The lowest BCUT2D eigenvalue weighted by atomic mass is 10.1. The molecule has 1 aliphatic rings. The average Bonchev–Trinajstić information content (AvgIpc) is 2.49. The number of nitrogens with zero attached hydrogens (tertiary/aromatic N) is 3. The molecule has 0 fully saturated rings. The minimum Gasteiger partial charge on any atom is -0.258 e. The van der Waals surface area contributed by atoms with Crippen molar-refractivity contribution >= 4 is 17.6 Å². The molecular formula is C7H4N3O2. The Morgan fingerprint density at radius 3 is 3.00 bits per heavy atom. The monoisotopic (exact) mass is 162 g/mol. The summed E-state index contributed by atoms with van der Waals surface area (Å²) in [5.41, 5.74) is 4.81. The molecule has 5 heteroatoms. The predicted octanol–water partition coefficient (Wildman–Crippen LogP) is 1.18. The predicted molar refractivity (Wildman–Crippen MR) is 42.5 cm³/mol. The Morgan fingerprint density at radius 1 is 1.42 bits per heavy atom. The van der Waals surface area contributed by atoms with Gasteiger partial charge in [-0.15, -0.1) is 0 Å². The van der Waals surface area contributed by atoms with Gasteiger partial charge in [0.25, 0.3) is 5.69 Å². The number of nitro benzene ring substituents is 1. The zero-order chi connectivity index (χ0) is 8.55. The van der Waals surface area contributed by atoms with Gasteiger partial charge in [-0.1, -0.05) is 6.07 Å². The molecule has 0 amide bonds. The van der Waals surface area contributed by atoms with Crippen LogP contribution in [0.2, 0.25) is 0 Å². The van der Waals surface area contributed by atoms with Crippen LogP contribution in [0.15, 0.2) is 23.3 Å². The second-order valence-electron chi connectivity index (χ2n) is 2.31. The molecule has 1 aliphatic heterocycles. The van der Waals surface area contributed by atoms with E-state index in [1.54, 1.807) is 12.1 Å². The second-order valence-corrected chi connectivity index (χ2v) is 2.31. The fourth-order valence-corrected chi connectivity index (χ4v) is 1.07. The maximum Gasteiger partial charge on any atom is 0.280 e. The van der Waals surface area contributed by atoms with E-state index in [9.17, 15) is 10.1 Å². The van der Waals surface area contributed by atoms with Crippen LogP contribution in [0.1, 0.15) is 5.56 Å². The minimum atomic E-state index is -0.439. The molecule has 59 valence electrons. The fraction of sp³-hybridized carbons (Fsp3) is 0. The van der Waals surface area contributed by atoms with Gasteiger partial charge in [0.15, 0.2) is 0 Å². The van der Waals surface area contributed by atoms with Gasteiger partial charge < -0.3 is 0 Å². The third-order valence-electron chi connectivity index (χ3n) is 1.61. The van der Waals surface area contributed by atoms with Crippen LogP contribution in [0, 0.1) is 10.1 Å². The van der Waals surface area contributed by atoms with E-state index in [-0.39, 0.29) is 5.69 Å². The standard InChI is InChI=1S/C7H4N3O2/c11-10(12)7-3-1-2-6-5(7)4-8-9-6/h1-4H. The van der Waals surface area contributed by atoms with Gasteiger partial charge in [0.05, 0.1) is 16.7 Å². The largest absolute Gasteiger partial charge is 0.280 e. The summed E-state index contributed by atoms with van der Waals surface area (Å²) in [6.07, 6.45) is 1.40. The van der Waals surface area contributed by atoms with Gasteiger partial charge in [0.2, 0.25) is 0 Å². The van der Waals surface area contributed by atoms with Crippen LogP contribution in [0.25, 0.3) is 0 Å². The Balaban J connectivity index is 2.63. The van der Waals surface area contributed by atoms with Crippen molar-refractivity contribution in [3.63, 3.8) is 0 Å². The third-order valence-corrected chi connectivity index (χ3v) is 1.61. The molecule has 0 bridgehead atoms. The molecule has 12 heavy (non-hydrogen) atoms. The van der Waals surface area contributed by atoms with Gasteiger partial charge in [-0.2, -0.15) is 10.5 Å². The Hall–Kier alpha value is -1.91. The maximum absolute atomic E-state index is 10.5. The van der Waals surface area contributed by atoms with Gasteiger partial charge in [0.1, 0.15) is 5.69 Å². The van der Waals surface area contributed by atoms with Crippen LogP contribution >= 0.6 is 0 Å². The molecular weight excluding hydrogens is 158 g/mol. The number of rotatable bonds is 1. The van der Waals surface area contributed by atoms with Crippen LogP contribution in [-0.4, -0.2) is 11.1 Å². The van der Waals surface area contributed by atoms with Crippen molar-refractivity contribution in [2.24, 2.45) is 5.10 Å². The maximum atomic E-state index is 10.5. The number of hydrogen-bond donors (Lipinski definition) is 0. The number of nitro groups is 1. The van der Waals surface area contributed by atoms with Gasteiger partial charge in [-0.05, 0) is 6.07 Å². The molecule has 5 nitrogen and oxygen atoms in total. The van der Waals surface area contributed by atoms with E-state index in [4.69, 9.17) is 0 Å². The highest BCUT2D eigenvalue weighted by Gasteiger charge is 2.19. The normalized spacial score (nSPS) is 12.3. The molecule has 0 aromatic heterocycles. The van der Waals surface area contributed by atoms with Gasteiger partial charge in [-0.25, -0.2) is 0 Å². The number of fused-ring (bicyclic) bond motifs is 1. The van der Waals surface area contributed by atoms with Crippen molar-refractivity contribution in [2.45, 2.75) is 0 Å². The summed E-state index contributed by atoms with van der Waals surface area (Å²) in [7, 11) is 0. The molecule has 0 N–H and O–H groups in total. The van der Waals surface area contributed by atoms with E-state index in [1.807, 2.05) is 0 Å². The van der Waals surface area contributed by atoms with Gasteiger partial charge in [-0.3, -0.25) is 10.1 Å². The van der Waals surface area contributed by atoms with Crippen molar-refractivity contribution in [1.29, 1.82) is 0 Å². The van der Waals surface area contributed by atoms with Crippen molar-refractivity contribution in [1.82, 2.24) is 5.43 Å². The molecule has 2 rings (SSSR count). The Morgan fingerprint density at radius 2 is 2.25 bits per heavy atom. The Bertz CT molecular complexity index is 373. The Labute approximate surface area is 67.9 Å². The average molecular weight is 162 g/mol. The summed E-state index contributed by atoms with van der Waals surface area (Å²) in [6, 6.07) is 4.72. The van der Waals surface area contributed by atoms with Crippen molar-refractivity contribution < 1.29 is 4.92 Å². The molecule has 0 aliphatic carbocycles. The molecule has 0 saturated heterocycles. The lowest BCUT2D eigenvalue weighted by molar-refractivity contribution is -0.384. The molecule has 1 aromatic carbocycles. The summed E-state index contributed by atoms with van der Waals surface area (Å²) in [5.74, 6) is 0. The topological polar surface area (TPSA) is 69.6 Å². The van der Waals surface area contributed by atoms with E-state index < -0.39 is 4.92 Å². The molecule has 0 atom stereocenters. The lowest BCUT2D eigenvalue weighted by Crippen LogP contribution is -1.93. The fourth-order valence-electron chi connectivity index (χ4n) is 1.07. The molecule has 1 heterocycles. The minimum absolute atomic E-state index is 0.0532. The summed E-state index contributed by atoms with van der Waals surface area (Å²) < 4.78 is 0. The molecule has 1 aromatic rings. The third kappa shape index (κ3) is 0.833. The lowest BCUT2D eigenvalue weighted by Gasteiger charge is -1.95. The first-order valence-corrected chi connectivity index (χ1v) is 3.30. The number of hydrogen-bond acceptors (Lipinski definition) is 3. The van der Waals surface area contributed by atoms with E-state index in [2.05, 4.69) is 10.5 Å². The summed E-state index contributed by atoms with van der Waals surface area (Å²) in [5, 5.41) is 14.1. The van der Waals surface area contributed by atoms with Crippen molar-refractivity contribution in [3.05, 3.63) is 33.9 Å². The van der Waals surface area contributed by atoms with Gasteiger partial charge >= 0.3 is 0 Å². The first kappa shape index (κ1) is 6.78. The summed E-state index contributed by atoms with van der Waals surface area (Å²) >= 11 is 0. The number of benzene rings is 1. The highest BCUT2D eigenvalue weighted by Crippen LogP contribution is 2.27.